The van der Waals surface area contributed by atoms with E-state index in [9.17, 15) is 10.1 Å². The Balaban J connectivity index is 2.67. The van der Waals surface area contributed by atoms with Crippen molar-refractivity contribution in [2.24, 2.45) is 0 Å². The first-order chi connectivity index (χ1) is 8.22. The van der Waals surface area contributed by atoms with Crippen molar-refractivity contribution in [3.05, 3.63) is 58.3 Å². The number of hydrogen-bond acceptors (Lipinski definition) is 3. The van der Waals surface area contributed by atoms with Crippen LogP contribution in [0.5, 0.6) is 5.75 Å². The molecule has 0 spiro atoms. The van der Waals surface area contributed by atoms with Crippen molar-refractivity contribution in [2.45, 2.75) is 0 Å². The lowest BCUT2D eigenvalue weighted by molar-refractivity contribution is -0.400. The summed E-state index contributed by atoms with van der Waals surface area (Å²) in [6, 6.07) is 11.4. The highest BCUT2D eigenvalue weighted by Crippen LogP contribution is 2.28. The summed E-state index contributed by atoms with van der Waals surface area (Å²) >= 11 is 0. The van der Waals surface area contributed by atoms with E-state index in [1.807, 2.05) is 36.4 Å². The van der Waals surface area contributed by atoms with Crippen LogP contribution in [0.2, 0.25) is 0 Å². The van der Waals surface area contributed by atoms with Crippen molar-refractivity contribution in [1.82, 2.24) is 0 Å². The molecule has 0 aliphatic carbocycles. The van der Waals surface area contributed by atoms with Gasteiger partial charge >= 0.3 is 0 Å². The molecule has 2 aromatic carbocycles. The largest absolute Gasteiger partial charge is 0.496 e. The first-order valence-electron chi connectivity index (χ1n) is 5.10. The van der Waals surface area contributed by atoms with Gasteiger partial charge < -0.3 is 4.74 Å². The van der Waals surface area contributed by atoms with Crippen LogP contribution in [-0.2, 0) is 0 Å². The summed E-state index contributed by atoms with van der Waals surface area (Å²) in [6.07, 6.45) is 2.38. The number of nitro groups is 1. The van der Waals surface area contributed by atoms with Gasteiger partial charge in [0.1, 0.15) is 5.75 Å². The Hall–Kier alpha value is -2.36. The van der Waals surface area contributed by atoms with Gasteiger partial charge in [0.25, 0.3) is 0 Å². The summed E-state index contributed by atoms with van der Waals surface area (Å²) < 4.78 is 5.21. The minimum atomic E-state index is -0.485. The Morgan fingerprint density at radius 1 is 1.24 bits per heavy atom. The molecular formula is C13H11NO3. The molecule has 0 atom stereocenters. The number of rotatable bonds is 3. The molecule has 2 aromatic rings. The maximum Gasteiger partial charge on any atom is 0.235 e. The lowest BCUT2D eigenvalue weighted by Gasteiger charge is -2.07. The summed E-state index contributed by atoms with van der Waals surface area (Å²) in [5, 5.41) is 12.3. The molecule has 0 unspecified atom stereocenters. The zero-order valence-electron chi connectivity index (χ0n) is 9.29. The fourth-order valence-electron chi connectivity index (χ4n) is 1.76. The molecular weight excluding hydrogens is 218 g/mol. The van der Waals surface area contributed by atoms with E-state index in [2.05, 4.69) is 0 Å². The topological polar surface area (TPSA) is 52.4 Å². The molecule has 2 rings (SSSR count). The van der Waals surface area contributed by atoms with Gasteiger partial charge in [0, 0.05) is 11.6 Å². The molecule has 17 heavy (non-hydrogen) atoms. The van der Waals surface area contributed by atoms with Crippen molar-refractivity contribution in [1.29, 1.82) is 0 Å². The molecule has 0 fully saturated rings. The van der Waals surface area contributed by atoms with E-state index in [0.717, 1.165) is 22.5 Å². The van der Waals surface area contributed by atoms with Crippen LogP contribution in [0.15, 0.2) is 42.6 Å². The van der Waals surface area contributed by atoms with Gasteiger partial charge in [-0.1, -0.05) is 30.3 Å². The second-order valence-electron chi connectivity index (χ2n) is 3.50. The molecule has 0 saturated carbocycles. The molecule has 0 aliphatic heterocycles. The van der Waals surface area contributed by atoms with E-state index >= 15 is 0 Å². The molecule has 0 saturated heterocycles. The molecule has 0 heterocycles. The summed E-state index contributed by atoms with van der Waals surface area (Å²) in [7, 11) is 1.55. The van der Waals surface area contributed by atoms with Crippen LogP contribution >= 0.6 is 0 Å². The van der Waals surface area contributed by atoms with Crippen LogP contribution in [0.1, 0.15) is 5.56 Å². The van der Waals surface area contributed by atoms with E-state index in [0.29, 0.717) is 5.75 Å². The third-order valence-electron chi connectivity index (χ3n) is 2.51. The summed E-state index contributed by atoms with van der Waals surface area (Å²) in [5.41, 5.74) is 0.724. The standard InChI is InChI=1S/C13H11NO3/c1-17-13-7-6-10-4-2-3-5-11(10)12(13)8-9-14(15)16/h2-9H,1H3/b9-8+. The Bertz CT molecular complexity index is 590. The second kappa shape index (κ2) is 4.65. The van der Waals surface area contributed by atoms with Crippen LogP contribution < -0.4 is 4.74 Å². The van der Waals surface area contributed by atoms with Gasteiger partial charge in [0.05, 0.1) is 12.0 Å². The van der Waals surface area contributed by atoms with E-state index in [4.69, 9.17) is 4.74 Å². The van der Waals surface area contributed by atoms with Gasteiger partial charge in [0.15, 0.2) is 0 Å². The van der Waals surface area contributed by atoms with Gasteiger partial charge in [-0.15, -0.1) is 0 Å². The predicted molar refractivity (Wildman–Crippen MR) is 66.5 cm³/mol. The van der Waals surface area contributed by atoms with Crippen molar-refractivity contribution >= 4 is 16.8 Å². The zero-order valence-corrected chi connectivity index (χ0v) is 9.29. The Morgan fingerprint density at radius 3 is 2.71 bits per heavy atom. The molecule has 0 bridgehead atoms. The molecule has 4 heteroatoms. The predicted octanol–water partition coefficient (Wildman–Crippen LogP) is 3.10. The fourth-order valence-corrected chi connectivity index (χ4v) is 1.76. The highest BCUT2D eigenvalue weighted by atomic mass is 16.6. The average Bonchev–Trinajstić information content (AvgIpc) is 2.35. The van der Waals surface area contributed by atoms with Crippen LogP contribution in [0, 0.1) is 10.1 Å². The Kier molecular flexibility index (Phi) is 3.05. The normalized spacial score (nSPS) is 10.9. The van der Waals surface area contributed by atoms with E-state index in [-0.39, 0.29) is 0 Å². The first kappa shape index (κ1) is 11.1. The minimum Gasteiger partial charge on any atom is -0.496 e. The highest BCUT2D eigenvalue weighted by molar-refractivity contribution is 5.92. The summed E-state index contributed by atoms with van der Waals surface area (Å²) in [4.78, 5) is 9.90. The van der Waals surface area contributed by atoms with Gasteiger partial charge in [-0.05, 0) is 16.8 Å². The van der Waals surface area contributed by atoms with Crippen molar-refractivity contribution in [2.75, 3.05) is 7.11 Å². The molecule has 0 radical (unpaired) electrons. The lowest BCUT2D eigenvalue weighted by atomic mass is 10.0. The SMILES string of the molecule is COc1ccc2ccccc2c1/C=C/[N+](=O)[O-]. The number of ether oxygens (including phenoxy) is 1. The van der Waals surface area contributed by atoms with Gasteiger partial charge in [-0.25, -0.2) is 0 Å². The summed E-state index contributed by atoms with van der Waals surface area (Å²) in [5.74, 6) is 0.627. The number of fused-ring (bicyclic) bond motifs is 1. The van der Waals surface area contributed by atoms with Crippen LogP contribution in [-0.4, -0.2) is 12.0 Å². The zero-order chi connectivity index (χ0) is 12.3. The number of methoxy groups -OCH3 is 1. The number of nitrogens with zero attached hydrogens (tertiary/aromatic N) is 1. The third-order valence-corrected chi connectivity index (χ3v) is 2.51. The van der Waals surface area contributed by atoms with Crippen molar-refractivity contribution in [3.63, 3.8) is 0 Å². The van der Waals surface area contributed by atoms with Crippen LogP contribution in [0.3, 0.4) is 0 Å². The average molecular weight is 229 g/mol. The molecule has 86 valence electrons. The molecule has 0 aliphatic rings. The van der Waals surface area contributed by atoms with E-state index in [1.54, 1.807) is 7.11 Å². The van der Waals surface area contributed by atoms with Gasteiger partial charge in [-0.2, -0.15) is 0 Å². The lowest BCUT2D eigenvalue weighted by Crippen LogP contribution is -1.90. The van der Waals surface area contributed by atoms with Crippen LogP contribution in [0.25, 0.3) is 16.8 Å². The van der Waals surface area contributed by atoms with Crippen LogP contribution in [0.4, 0.5) is 0 Å². The Labute approximate surface area is 98.3 Å². The minimum absolute atomic E-state index is 0.485. The molecule has 0 aromatic heterocycles. The van der Waals surface area contributed by atoms with E-state index < -0.39 is 4.92 Å². The third kappa shape index (κ3) is 2.25. The first-order valence-corrected chi connectivity index (χ1v) is 5.10. The van der Waals surface area contributed by atoms with Gasteiger partial charge in [-0.3, -0.25) is 10.1 Å². The van der Waals surface area contributed by atoms with Gasteiger partial charge in [0.2, 0.25) is 6.20 Å². The number of hydrogen-bond donors (Lipinski definition) is 0. The number of benzene rings is 2. The quantitative estimate of drug-likeness (QED) is 0.600. The van der Waals surface area contributed by atoms with E-state index in [1.165, 1.54) is 6.08 Å². The highest BCUT2D eigenvalue weighted by Gasteiger charge is 2.06. The fraction of sp³-hybridized carbons (Fsp3) is 0.0769. The van der Waals surface area contributed by atoms with Crippen molar-refractivity contribution in [3.8, 4) is 5.75 Å². The Morgan fingerprint density at radius 2 is 2.00 bits per heavy atom. The maximum atomic E-state index is 10.4. The molecule has 0 N–H and O–H groups in total. The monoisotopic (exact) mass is 229 g/mol. The molecule has 4 nitrogen and oxygen atoms in total. The van der Waals surface area contributed by atoms with Crippen molar-refractivity contribution < 1.29 is 9.66 Å². The maximum absolute atomic E-state index is 10.4. The molecule has 0 amide bonds. The smallest absolute Gasteiger partial charge is 0.235 e. The summed E-state index contributed by atoms with van der Waals surface area (Å²) in [6.45, 7) is 0. The second-order valence-corrected chi connectivity index (χ2v) is 3.50.